The van der Waals surface area contributed by atoms with Crippen molar-refractivity contribution in [3.05, 3.63) is 35.4 Å². The highest BCUT2D eigenvalue weighted by atomic mass is 32.2. The summed E-state index contributed by atoms with van der Waals surface area (Å²) in [4.78, 5) is 12.9. The standard InChI is InChI=1S/C19H31N3O4S/c1-15(2)22-27(24,25)13-17-7-5-4-6-16(17)12-21-18(23)19(14-26-3)8-10-20-11-9-19/h4-7,15,20,22H,8-14H2,1-3H3,(H,21,23). The maximum Gasteiger partial charge on any atom is 0.228 e. The van der Waals surface area contributed by atoms with E-state index in [1.165, 1.54) is 0 Å². The number of sulfonamides is 1. The van der Waals surface area contributed by atoms with E-state index in [1.54, 1.807) is 27.0 Å². The molecule has 8 heteroatoms. The van der Waals surface area contributed by atoms with Crippen LogP contribution in [-0.4, -0.2) is 47.2 Å². The molecule has 3 N–H and O–H groups in total. The topological polar surface area (TPSA) is 96.5 Å². The van der Waals surface area contributed by atoms with Crippen LogP contribution in [0.1, 0.15) is 37.8 Å². The summed E-state index contributed by atoms with van der Waals surface area (Å²) in [5.74, 6) is -0.145. The lowest BCUT2D eigenvalue weighted by Gasteiger charge is -2.35. The van der Waals surface area contributed by atoms with Crippen LogP contribution in [0, 0.1) is 5.41 Å². The third-order valence-corrected chi connectivity index (χ3v) is 6.30. The molecular formula is C19H31N3O4S. The first-order chi connectivity index (χ1) is 12.8. The zero-order valence-electron chi connectivity index (χ0n) is 16.4. The predicted octanol–water partition coefficient (Wildman–Crippen LogP) is 1.15. The lowest BCUT2D eigenvalue weighted by molar-refractivity contribution is -0.136. The number of amides is 1. The van der Waals surface area contributed by atoms with Crippen LogP contribution in [0.25, 0.3) is 0 Å². The highest BCUT2D eigenvalue weighted by Gasteiger charge is 2.39. The summed E-state index contributed by atoms with van der Waals surface area (Å²) in [6.45, 7) is 5.83. The van der Waals surface area contributed by atoms with Gasteiger partial charge in [-0.3, -0.25) is 4.79 Å². The number of hydrogen-bond donors (Lipinski definition) is 3. The highest BCUT2D eigenvalue weighted by molar-refractivity contribution is 7.88. The monoisotopic (exact) mass is 397 g/mol. The lowest BCUT2D eigenvalue weighted by Crippen LogP contribution is -2.50. The van der Waals surface area contributed by atoms with Gasteiger partial charge in [-0.15, -0.1) is 0 Å². The Balaban J connectivity index is 2.08. The van der Waals surface area contributed by atoms with Crippen molar-refractivity contribution in [2.75, 3.05) is 26.8 Å². The number of nitrogens with one attached hydrogen (secondary N) is 3. The van der Waals surface area contributed by atoms with Crippen LogP contribution in [0.5, 0.6) is 0 Å². The number of carbonyl (C=O) groups excluding carboxylic acids is 1. The fourth-order valence-corrected chi connectivity index (χ4v) is 4.95. The van der Waals surface area contributed by atoms with Crippen molar-refractivity contribution in [1.29, 1.82) is 0 Å². The van der Waals surface area contributed by atoms with Crippen molar-refractivity contribution in [3.63, 3.8) is 0 Å². The Morgan fingerprint density at radius 1 is 1.22 bits per heavy atom. The van der Waals surface area contributed by atoms with E-state index in [4.69, 9.17) is 4.74 Å². The van der Waals surface area contributed by atoms with Gasteiger partial charge in [0.15, 0.2) is 0 Å². The molecule has 1 fully saturated rings. The summed E-state index contributed by atoms with van der Waals surface area (Å²) in [5, 5.41) is 6.27. The molecule has 0 saturated carbocycles. The lowest BCUT2D eigenvalue weighted by atomic mass is 9.78. The summed E-state index contributed by atoms with van der Waals surface area (Å²) in [6.07, 6.45) is 1.45. The van der Waals surface area contributed by atoms with E-state index in [9.17, 15) is 13.2 Å². The molecule has 0 radical (unpaired) electrons. The smallest absolute Gasteiger partial charge is 0.228 e. The van der Waals surface area contributed by atoms with E-state index in [0.717, 1.165) is 31.5 Å². The summed E-state index contributed by atoms with van der Waals surface area (Å²) < 4.78 is 32.4. The van der Waals surface area contributed by atoms with E-state index < -0.39 is 15.4 Å². The maximum atomic E-state index is 12.9. The van der Waals surface area contributed by atoms with Crippen molar-refractivity contribution < 1.29 is 17.9 Å². The van der Waals surface area contributed by atoms with Gasteiger partial charge in [0.05, 0.1) is 17.8 Å². The van der Waals surface area contributed by atoms with Gasteiger partial charge in [0, 0.05) is 19.7 Å². The molecule has 0 atom stereocenters. The molecule has 1 amide bonds. The van der Waals surface area contributed by atoms with Crippen LogP contribution in [0.3, 0.4) is 0 Å². The number of piperidine rings is 1. The number of carbonyl (C=O) groups is 1. The first kappa shape index (κ1) is 21.8. The molecule has 2 rings (SSSR count). The summed E-state index contributed by atoms with van der Waals surface area (Å²) >= 11 is 0. The zero-order chi connectivity index (χ0) is 19.9. The fourth-order valence-electron chi connectivity index (χ4n) is 3.46. The number of rotatable bonds is 9. The second-order valence-electron chi connectivity index (χ2n) is 7.45. The number of benzene rings is 1. The summed E-state index contributed by atoms with van der Waals surface area (Å²) in [6, 6.07) is 7.14. The first-order valence-corrected chi connectivity index (χ1v) is 11.0. The number of methoxy groups -OCH3 is 1. The Morgan fingerprint density at radius 2 is 1.85 bits per heavy atom. The van der Waals surface area contributed by atoms with E-state index in [1.807, 2.05) is 18.2 Å². The molecule has 0 aliphatic carbocycles. The van der Waals surface area contributed by atoms with Gasteiger partial charge < -0.3 is 15.4 Å². The molecule has 0 bridgehead atoms. The van der Waals surface area contributed by atoms with Crippen molar-refractivity contribution in [3.8, 4) is 0 Å². The molecule has 1 aliphatic rings. The first-order valence-electron chi connectivity index (χ1n) is 9.33. The van der Waals surface area contributed by atoms with Gasteiger partial charge in [0.1, 0.15) is 0 Å². The van der Waals surface area contributed by atoms with E-state index >= 15 is 0 Å². The molecule has 1 aromatic rings. The Morgan fingerprint density at radius 3 is 2.44 bits per heavy atom. The van der Waals surface area contributed by atoms with E-state index in [-0.39, 0.29) is 17.7 Å². The highest BCUT2D eigenvalue weighted by Crippen LogP contribution is 2.29. The summed E-state index contributed by atoms with van der Waals surface area (Å²) in [7, 11) is -1.82. The molecule has 1 aromatic carbocycles. The molecule has 27 heavy (non-hydrogen) atoms. The van der Waals surface area contributed by atoms with Gasteiger partial charge in [-0.1, -0.05) is 24.3 Å². The second kappa shape index (κ2) is 9.64. The minimum Gasteiger partial charge on any atom is -0.384 e. The van der Waals surface area contributed by atoms with Crippen LogP contribution in [-0.2, 0) is 31.9 Å². The van der Waals surface area contributed by atoms with E-state index in [0.29, 0.717) is 18.7 Å². The van der Waals surface area contributed by atoms with Gasteiger partial charge >= 0.3 is 0 Å². The average Bonchev–Trinajstić information content (AvgIpc) is 2.60. The van der Waals surface area contributed by atoms with Crippen LogP contribution >= 0.6 is 0 Å². The average molecular weight is 398 g/mol. The Hall–Kier alpha value is -1.48. The van der Waals surface area contributed by atoms with Crippen molar-refractivity contribution >= 4 is 15.9 Å². The summed E-state index contributed by atoms with van der Waals surface area (Å²) in [5.41, 5.74) is 0.971. The quantitative estimate of drug-likeness (QED) is 0.581. The molecular weight excluding hydrogens is 366 g/mol. The Bertz CT molecular complexity index is 723. The molecule has 1 aliphatic heterocycles. The molecule has 1 saturated heterocycles. The third kappa shape index (κ3) is 6.27. The fraction of sp³-hybridized carbons (Fsp3) is 0.632. The van der Waals surface area contributed by atoms with Gasteiger partial charge in [0.2, 0.25) is 15.9 Å². The van der Waals surface area contributed by atoms with Gasteiger partial charge in [0.25, 0.3) is 0 Å². The van der Waals surface area contributed by atoms with Crippen LogP contribution in [0.15, 0.2) is 24.3 Å². The molecule has 0 spiro atoms. The number of hydrogen-bond acceptors (Lipinski definition) is 5. The van der Waals surface area contributed by atoms with Gasteiger partial charge in [-0.2, -0.15) is 0 Å². The minimum atomic E-state index is -3.43. The van der Waals surface area contributed by atoms with Gasteiger partial charge in [-0.05, 0) is 50.9 Å². The third-order valence-electron chi connectivity index (χ3n) is 4.78. The zero-order valence-corrected chi connectivity index (χ0v) is 17.2. The Labute approximate surface area is 162 Å². The van der Waals surface area contributed by atoms with Crippen molar-refractivity contribution in [1.82, 2.24) is 15.4 Å². The number of ether oxygens (including phenoxy) is 1. The van der Waals surface area contributed by atoms with Crippen molar-refractivity contribution in [2.45, 2.75) is 45.0 Å². The molecule has 152 valence electrons. The Kier molecular flexibility index (Phi) is 7.79. The van der Waals surface area contributed by atoms with E-state index in [2.05, 4.69) is 15.4 Å². The second-order valence-corrected chi connectivity index (χ2v) is 9.20. The largest absolute Gasteiger partial charge is 0.384 e. The molecule has 1 heterocycles. The molecule has 7 nitrogen and oxygen atoms in total. The van der Waals surface area contributed by atoms with Crippen LogP contribution in [0.4, 0.5) is 0 Å². The minimum absolute atomic E-state index is 0.0381. The van der Waals surface area contributed by atoms with Gasteiger partial charge in [-0.25, -0.2) is 13.1 Å². The van der Waals surface area contributed by atoms with Crippen LogP contribution in [0.2, 0.25) is 0 Å². The molecule has 0 aromatic heterocycles. The van der Waals surface area contributed by atoms with Crippen LogP contribution < -0.4 is 15.4 Å². The van der Waals surface area contributed by atoms with Crippen molar-refractivity contribution in [2.24, 2.45) is 5.41 Å². The normalized spacial score (nSPS) is 17.0. The SMILES string of the molecule is COCC1(C(=O)NCc2ccccc2CS(=O)(=O)NC(C)C)CCNCC1. The maximum absolute atomic E-state index is 12.9. The predicted molar refractivity (Wildman–Crippen MR) is 106 cm³/mol. The molecule has 0 unspecified atom stereocenters.